The number of aromatic nitrogens is 1. The number of aromatic amines is 1. The third-order valence-electron chi connectivity index (χ3n) is 4.93. The second kappa shape index (κ2) is 6.47. The van der Waals surface area contributed by atoms with E-state index in [1.807, 2.05) is 18.2 Å². The molecule has 1 aliphatic heterocycles. The van der Waals surface area contributed by atoms with Gasteiger partial charge >= 0.3 is 5.97 Å². The lowest BCUT2D eigenvalue weighted by Gasteiger charge is -2.36. The van der Waals surface area contributed by atoms with E-state index >= 15 is 0 Å². The molecule has 1 aromatic heterocycles. The number of H-pyrrole nitrogens is 1. The Morgan fingerprint density at radius 2 is 2.04 bits per heavy atom. The van der Waals surface area contributed by atoms with Crippen LogP contribution in [0.5, 0.6) is 0 Å². The molecule has 0 aliphatic carbocycles. The fourth-order valence-electron chi connectivity index (χ4n) is 3.80. The number of ether oxygens (including phenoxy) is 1. The van der Waals surface area contributed by atoms with Crippen molar-refractivity contribution in [1.82, 2.24) is 4.98 Å². The number of aliphatic carboxylic acids is 1. The standard InChI is InChI=1S/C19H15BrN2O5/c20-14-2-1-3-15-17(14)13-8-9-27-19(10-16(23)24,18(13)21-15)11-4-6-12(7-5-11)22(25)26/h1-7,21H,8-10H2,(H,23,24). The van der Waals surface area contributed by atoms with Crippen LogP contribution in [0, 0.1) is 10.1 Å². The topological polar surface area (TPSA) is 105 Å². The third-order valence-corrected chi connectivity index (χ3v) is 5.59. The molecule has 27 heavy (non-hydrogen) atoms. The number of non-ortho nitro benzene ring substituents is 1. The molecule has 0 saturated heterocycles. The average molecular weight is 431 g/mol. The van der Waals surface area contributed by atoms with Gasteiger partial charge in [0.25, 0.3) is 5.69 Å². The predicted molar refractivity (Wildman–Crippen MR) is 102 cm³/mol. The van der Waals surface area contributed by atoms with Crippen molar-refractivity contribution in [2.75, 3.05) is 6.61 Å². The molecular weight excluding hydrogens is 416 g/mol. The van der Waals surface area contributed by atoms with Crippen molar-refractivity contribution in [3.05, 3.63) is 73.9 Å². The van der Waals surface area contributed by atoms with E-state index in [2.05, 4.69) is 20.9 Å². The normalized spacial score (nSPS) is 19.0. The number of carbonyl (C=O) groups is 1. The highest BCUT2D eigenvalue weighted by Gasteiger charge is 2.44. The lowest BCUT2D eigenvalue weighted by atomic mass is 9.82. The van der Waals surface area contributed by atoms with Gasteiger partial charge in [-0.1, -0.05) is 22.0 Å². The minimum atomic E-state index is -1.23. The second-order valence-corrected chi connectivity index (χ2v) is 7.30. The predicted octanol–water partition coefficient (Wildman–Crippen LogP) is 4.13. The molecule has 1 aliphatic rings. The Kier molecular flexibility index (Phi) is 4.24. The first kappa shape index (κ1) is 17.7. The van der Waals surface area contributed by atoms with Gasteiger partial charge in [0.05, 0.1) is 23.6 Å². The van der Waals surface area contributed by atoms with Gasteiger partial charge in [-0.15, -0.1) is 0 Å². The maximum Gasteiger partial charge on any atom is 0.307 e. The van der Waals surface area contributed by atoms with Crippen LogP contribution in [0.2, 0.25) is 0 Å². The highest BCUT2D eigenvalue weighted by atomic mass is 79.9. The van der Waals surface area contributed by atoms with Gasteiger partial charge in [0.1, 0.15) is 5.60 Å². The van der Waals surface area contributed by atoms with E-state index in [0.717, 1.165) is 20.9 Å². The number of carboxylic acid groups (broad SMARTS) is 1. The Hall–Kier alpha value is -2.71. The van der Waals surface area contributed by atoms with Crippen molar-refractivity contribution in [1.29, 1.82) is 0 Å². The molecule has 1 atom stereocenters. The van der Waals surface area contributed by atoms with Crippen molar-refractivity contribution in [3.8, 4) is 0 Å². The van der Waals surface area contributed by atoms with Crippen LogP contribution in [0.15, 0.2) is 46.9 Å². The van der Waals surface area contributed by atoms with Crippen molar-refractivity contribution < 1.29 is 19.6 Å². The van der Waals surface area contributed by atoms with Gasteiger partial charge in [-0.25, -0.2) is 0 Å². The molecule has 3 aromatic rings. The van der Waals surface area contributed by atoms with Gasteiger partial charge in [-0.3, -0.25) is 14.9 Å². The summed E-state index contributed by atoms with van der Waals surface area (Å²) in [4.78, 5) is 25.5. The van der Waals surface area contributed by atoms with Crippen LogP contribution in [-0.2, 0) is 21.6 Å². The quantitative estimate of drug-likeness (QED) is 0.478. The van der Waals surface area contributed by atoms with Crippen LogP contribution in [-0.4, -0.2) is 27.6 Å². The second-order valence-electron chi connectivity index (χ2n) is 6.44. The maximum atomic E-state index is 11.7. The summed E-state index contributed by atoms with van der Waals surface area (Å²) in [6, 6.07) is 11.6. The first-order chi connectivity index (χ1) is 12.9. The molecule has 4 rings (SSSR count). The van der Waals surface area contributed by atoms with E-state index in [0.29, 0.717) is 24.3 Å². The highest BCUT2D eigenvalue weighted by molar-refractivity contribution is 9.10. The lowest BCUT2D eigenvalue weighted by molar-refractivity contribution is -0.384. The summed E-state index contributed by atoms with van der Waals surface area (Å²) in [7, 11) is 0. The number of benzene rings is 2. The van der Waals surface area contributed by atoms with Crippen LogP contribution in [0.25, 0.3) is 10.9 Å². The summed E-state index contributed by atoms with van der Waals surface area (Å²) < 4.78 is 6.98. The smallest absolute Gasteiger partial charge is 0.307 e. The zero-order valence-electron chi connectivity index (χ0n) is 14.1. The number of fused-ring (bicyclic) bond motifs is 3. The van der Waals surface area contributed by atoms with Crippen molar-refractivity contribution in [2.24, 2.45) is 0 Å². The van der Waals surface area contributed by atoms with E-state index in [-0.39, 0.29) is 12.1 Å². The number of halogens is 1. The van der Waals surface area contributed by atoms with E-state index in [1.165, 1.54) is 12.1 Å². The summed E-state index contributed by atoms with van der Waals surface area (Å²) >= 11 is 3.57. The zero-order chi connectivity index (χ0) is 19.2. The van der Waals surface area contributed by atoms with E-state index in [4.69, 9.17) is 4.74 Å². The zero-order valence-corrected chi connectivity index (χ0v) is 15.7. The number of hydrogen-bond acceptors (Lipinski definition) is 4. The van der Waals surface area contributed by atoms with Crippen LogP contribution >= 0.6 is 15.9 Å². The number of nitrogens with zero attached hydrogens (tertiary/aromatic N) is 1. The maximum absolute atomic E-state index is 11.7. The average Bonchev–Trinajstić information content (AvgIpc) is 3.02. The molecule has 0 spiro atoms. The Labute approximate surface area is 162 Å². The van der Waals surface area contributed by atoms with Gasteiger partial charge in [0, 0.05) is 27.5 Å². The number of hydrogen-bond donors (Lipinski definition) is 2. The van der Waals surface area contributed by atoms with E-state index < -0.39 is 16.5 Å². The molecule has 8 heteroatoms. The molecule has 2 heterocycles. The number of nitrogens with one attached hydrogen (secondary N) is 1. The third kappa shape index (κ3) is 2.81. The van der Waals surface area contributed by atoms with Crippen molar-refractivity contribution >= 4 is 38.5 Å². The molecule has 0 saturated carbocycles. The lowest BCUT2D eigenvalue weighted by Crippen LogP contribution is -2.39. The summed E-state index contributed by atoms with van der Waals surface area (Å²) in [6.07, 6.45) is 0.356. The largest absolute Gasteiger partial charge is 0.481 e. The van der Waals surface area contributed by atoms with Gasteiger partial charge < -0.3 is 14.8 Å². The number of nitro benzene ring substituents is 1. The summed E-state index contributed by atoms with van der Waals surface area (Å²) in [5, 5.41) is 21.6. The van der Waals surface area contributed by atoms with E-state index in [9.17, 15) is 20.0 Å². The Morgan fingerprint density at radius 1 is 1.30 bits per heavy atom. The molecule has 0 fully saturated rings. The van der Waals surface area contributed by atoms with Gasteiger partial charge in [0.15, 0.2) is 0 Å². The minimum Gasteiger partial charge on any atom is -0.481 e. The van der Waals surface area contributed by atoms with Crippen molar-refractivity contribution in [3.63, 3.8) is 0 Å². The van der Waals surface area contributed by atoms with Crippen LogP contribution in [0.4, 0.5) is 5.69 Å². The van der Waals surface area contributed by atoms with Gasteiger partial charge in [-0.05, 0) is 41.8 Å². The monoisotopic (exact) mass is 430 g/mol. The molecule has 2 aromatic carbocycles. The molecule has 7 nitrogen and oxygen atoms in total. The van der Waals surface area contributed by atoms with Crippen LogP contribution in [0.1, 0.15) is 23.2 Å². The molecule has 0 radical (unpaired) electrons. The van der Waals surface area contributed by atoms with Gasteiger partial charge in [0.2, 0.25) is 0 Å². The van der Waals surface area contributed by atoms with Crippen LogP contribution in [0.3, 0.4) is 0 Å². The molecule has 0 amide bonds. The molecule has 1 unspecified atom stereocenters. The summed E-state index contributed by atoms with van der Waals surface area (Å²) in [6.45, 7) is 0.353. The summed E-state index contributed by atoms with van der Waals surface area (Å²) in [5.41, 5.74) is 1.86. The molecule has 0 bridgehead atoms. The van der Waals surface area contributed by atoms with Crippen LogP contribution < -0.4 is 0 Å². The molecular formula is C19H15BrN2O5. The SMILES string of the molecule is O=C(O)CC1(c2ccc([N+](=O)[O-])cc2)OCCc2c1[nH]c1cccc(Br)c21. The first-order valence-corrected chi connectivity index (χ1v) is 9.12. The van der Waals surface area contributed by atoms with E-state index in [1.54, 1.807) is 12.1 Å². The Bertz CT molecular complexity index is 1060. The fraction of sp³-hybridized carbons (Fsp3) is 0.211. The number of nitro groups is 1. The number of rotatable bonds is 4. The Morgan fingerprint density at radius 3 is 2.70 bits per heavy atom. The van der Waals surface area contributed by atoms with Gasteiger partial charge in [-0.2, -0.15) is 0 Å². The molecule has 138 valence electrons. The molecule has 2 N–H and O–H groups in total. The minimum absolute atomic E-state index is 0.0559. The number of carboxylic acids is 1. The van der Waals surface area contributed by atoms with Crippen molar-refractivity contribution in [2.45, 2.75) is 18.4 Å². The first-order valence-electron chi connectivity index (χ1n) is 8.32. The highest BCUT2D eigenvalue weighted by Crippen LogP contribution is 2.45. The summed E-state index contributed by atoms with van der Waals surface area (Å²) in [5.74, 6) is -1.01. The Balaban J connectivity index is 1.97. The fourth-order valence-corrected chi connectivity index (χ4v) is 4.40.